The lowest BCUT2D eigenvalue weighted by atomic mass is 10.1. The van der Waals surface area contributed by atoms with E-state index >= 15 is 0 Å². The number of aryl methyl sites for hydroxylation is 3. The molecule has 2 aromatic carbocycles. The Balaban J connectivity index is 1.92. The molecule has 1 aromatic heterocycles. The summed E-state index contributed by atoms with van der Waals surface area (Å²) in [5, 5.41) is 2.91. The molecule has 1 heterocycles. The van der Waals surface area contributed by atoms with Crippen molar-refractivity contribution >= 4 is 38.6 Å². The minimum atomic E-state index is -0.163. The first-order chi connectivity index (χ1) is 10.9. The van der Waals surface area contributed by atoms with Crippen molar-refractivity contribution in [2.45, 2.75) is 20.8 Å². The van der Waals surface area contributed by atoms with Gasteiger partial charge in [-0.2, -0.15) is 0 Å². The van der Waals surface area contributed by atoms with E-state index in [1.54, 1.807) is 12.1 Å². The second-order valence-corrected chi connectivity index (χ2v) is 6.48. The van der Waals surface area contributed by atoms with Crippen LogP contribution in [-0.2, 0) is 0 Å². The number of aromatic nitrogens is 2. The number of carbonyl (C=O) groups excluding carboxylic acids is 1. The molecule has 0 aliphatic rings. The first kappa shape index (κ1) is 15.6. The van der Waals surface area contributed by atoms with E-state index in [1.165, 1.54) is 0 Å². The maximum absolute atomic E-state index is 12.5. The van der Waals surface area contributed by atoms with Crippen LogP contribution in [0.2, 0.25) is 0 Å². The topological polar surface area (TPSA) is 54.9 Å². The molecule has 116 valence electrons. The van der Waals surface area contributed by atoms with Gasteiger partial charge in [0.15, 0.2) is 0 Å². The van der Waals surface area contributed by atoms with Gasteiger partial charge >= 0.3 is 0 Å². The molecule has 0 fully saturated rings. The van der Waals surface area contributed by atoms with Crippen molar-refractivity contribution in [2.75, 3.05) is 5.32 Å². The summed E-state index contributed by atoms with van der Waals surface area (Å²) in [5.41, 5.74) is 5.69. The van der Waals surface area contributed by atoms with Gasteiger partial charge in [0.05, 0.1) is 22.4 Å². The van der Waals surface area contributed by atoms with E-state index in [2.05, 4.69) is 31.2 Å². The standard InChI is InChI=1S/C18H16BrN3O/c1-10-6-14(19)9-15(7-10)22-18(23)13-4-5-16-17(8-13)21-12(3)11(2)20-16/h4-9H,1-3H3,(H,22,23). The number of nitrogens with one attached hydrogen (secondary N) is 1. The number of amides is 1. The van der Waals surface area contributed by atoms with Crippen LogP contribution in [0.3, 0.4) is 0 Å². The van der Waals surface area contributed by atoms with Gasteiger partial charge in [0.2, 0.25) is 0 Å². The van der Waals surface area contributed by atoms with E-state index in [1.807, 2.05) is 45.0 Å². The van der Waals surface area contributed by atoms with Gasteiger partial charge < -0.3 is 5.32 Å². The first-order valence-electron chi connectivity index (χ1n) is 7.26. The summed E-state index contributed by atoms with van der Waals surface area (Å²) in [6.45, 7) is 5.83. The van der Waals surface area contributed by atoms with Crippen LogP contribution >= 0.6 is 15.9 Å². The third-order valence-corrected chi connectivity index (χ3v) is 4.10. The fourth-order valence-electron chi connectivity index (χ4n) is 2.38. The third kappa shape index (κ3) is 3.40. The van der Waals surface area contributed by atoms with Crippen LogP contribution in [0.4, 0.5) is 5.69 Å². The van der Waals surface area contributed by atoms with Gasteiger partial charge in [-0.15, -0.1) is 0 Å². The highest BCUT2D eigenvalue weighted by Gasteiger charge is 2.10. The Morgan fingerprint density at radius 3 is 2.35 bits per heavy atom. The number of benzene rings is 2. The molecule has 0 aliphatic carbocycles. The quantitative estimate of drug-likeness (QED) is 0.719. The number of rotatable bonds is 2. The second-order valence-electron chi connectivity index (χ2n) is 5.57. The molecule has 0 aliphatic heterocycles. The fourth-order valence-corrected chi connectivity index (χ4v) is 2.99. The van der Waals surface area contributed by atoms with E-state index in [0.29, 0.717) is 5.56 Å². The SMILES string of the molecule is Cc1cc(Br)cc(NC(=O)c2ccc3nc(C)c(C)nc3c2)c1. The predicted octanol–water partition coefficient (Wildman–Crippen LogP) is 4.57. The van der Waals surface area contributed by atoms with Crippen LogP contribution in [0.5, 0.6) is 0 Å². The van der Waals surface area contributed by atoms with Crippen molar-refractivity contribution in [3.05, 3.63) is 63.4 Å². The van der Waals surface area contributed by atoms with Crippen LogP contribution in [0.25, 0.3) is 11.0 Å². The molecule has 23 heavy (non-hydrogen) atoms. The Hall–Kier alpha value is -2.27. The van der Waals surface area contributed by atoms with Crippen molar-refractivity contribution < 1.29 is 4.79 Å². The molecule has 0 unspecified atom stereocenters. The normalized spacial score (nSPS) is 10.8. The van der Waals surface area contributed by atoms with Gasteiger partial charge in [0.1, 0.15) is 0 Å². The molecule has 5 heteroatoms. The Morgan fingerprint density at radius 1 is 0.957 bits per heavy atom. The number of hydrogen-bond donors (Lipinski definition) is 1. The van der Waals surface area contributed by atoms with Crippen LogP contribution in [0.15, 0.2) is 40.9 Å². The number of halogens is 1. The van der Waals surface area contributed by atoms with Gasteiger partial charge in [-0.3, -0.25) is 4.79 Å². The van der Waals surface area contributed by atoms with Crippen LogP contribution < -0.4 is 5.32 Å². The number of hydrogen-bond acceptors (Lipinski definition) is 3. The number of fused-ring (bicyclic) bond motifs is 1. The Bertz CT molecular complexity index is 901. The molecule has 4 nitrogen and oxygen atoms in total. The van der Waals surface area contributed by atoms with E-state index in [0.717, 1.165) is 38.1 Å². The van der Waals surface area contributed by atoms with Crippen LogP contribution in [0, 0.1) is 20.8 Å². The summed E-state index contributed by atoms with van der Waals surface area (Å²) < 4.78 is 0.934. The average molecular weight is 370 g/mol. The van der Waals surface area contributed by atoms with Crippen molar-refractivity contribution in [2.24, 2.45) is 0 Å². The number of carbonyl (C=O) groups is 1. The highest BCUT2D eigenvalue weighted by molar-refractivity contribution is 9.10. The summed E-state index contributed by atoms with van der Waals surface area (Å²) in [6, 6.07) is 11.2. The van der Waals surface area contributed by atoms with E-state index < -0.39 is 0 Å². The van der Waals surface area contributed by atoms with Gasteiger partial charge in [-0.05, 0) is 62.7 Å². The minimum Gasteiger partial charge on any atom is -0.322 e. The molecule has 0 saturated carbocycles. The summed E-state index contributed by atoms with van der Waals surface area (Å²) in [6.07, 6.45) is 0. The number of anilines is 1. The maximum Gasteiger partial charge on any atom is 0.255 e. The predicted molar refractivity (Wildman–Crippen MR) is 95.8 cm³/mol. The monoisotopic (exact) mass is 369 g/mol. The Kier molecular flexibility index (Phi) is 4.13. The van der Waals surface area contributed by atoms with Gasteiger partial charge in [-0.1, -0.05) is 15.9 Å². The summed E-state index contributed by atoms with van der Waals surface area (Å²) in [4.78, 5) is 21.4. The fraction of sp³-hybridized carbons (Fsp3) is 0.167. The Labute approximate surface area is 143 Å². The molecule has 0 bridgehead atoms. The summed E-state index contributed by atoms with van der Waals surface area (Å²) >= 11 is 3.44. The molecule has 0 atom stereocenters. The van der Waals surface area contributed by atoms with Crippen molar-refractivity contribution in [1.82, 2.24) is 9.97 Å². The molecule has 1 amide bonds. The highest BCUT2D eigenvalue weighted by atomic mass is 79.9. The largest absolute Gasteiger partial charge is 0.322 e. The lowest BCUT2D eigenvalue weighted by Gasteiger charge is -2.08. The zero-order chi connectivity index (χ0) is 16.6. The van der Waals surface area contributed by atoms with Gasteiger partial charge in [0, 0.05) is 15.7 Å². The first-order valence-corrected chi connectivity index (χ1v) is 8.05. The Morgan fingerprint density at radius 2 is 1.65 bits per heavy atom. The summed E-state index contributed by atoms with van der Waals surface area (Å²) in [7, 11) is 0. The lowest BCUT2D eigenvalue weighted by molar-refractivity contribution is 0.102. The van der Waals surface area contributed by atoms with Crippen LogP contribution in [0.1, 0.15) is 27.3 Å². The van der Waals surface area contributed by atoms with Crippen molar-refractivity contribution in [3.63, 3.8) is 0 Å². The smallest absolute Gasteiger partial charge is 0.255 e. The summed E-state index contributed by atoms with van der Waals surface area (Å²) in [5.74, 6) is -0.163. The molecule has 1 N–H and O–H groups in total. The second kappa shape index (κ2) is 6.08. The van der Waals surface area contributed by atoms with Crippen molar-refractivity contribution in [3.8, 4) is 0 Å². The van der Waals surface area contributed by atoms with E-state index in [-0.39, 0.29) is 5.91 Å². The number of nitrogens with zero attached hydrogens (tertiary/aromatic N) is 2. The zero-order valence-corrected chi connectivity index (χ0v) is 14.7. The van der Waals surface area contributed by atoms with Crippen molar-refractivity contribution in [1.29, 1.82) is 0 Å². The molecule has 0 radical (unpaired) electrons. The molecule has 0 saturated heterocycles. The van der Waals surface area contributed by atoms with E-state index in [9.17, 15) is 4.79 Å². The maximum atomic E-state index is 12.5. The average Bonchev–Trinajstić information content (AvgIpc) is 2.47. The third-order valence-electron chi connectivity index (χ3n) is 3.64. The molecular weight excluding hydrogens is 354 g/mol. The lowest BCUT2D eigenvalue weighted by Crippen LogP contribution is -2.12. The van der Waals surface area contributed by atoms with E-state index in [4.69, 9.17) is 0 Å². The zero-order valence-electron chi connectivity index (χ0n) is 13.1. The van der Waals surface area contributed by atoms with Gasteiger partial charge in [-0.25, -0.2) is 9.97 Å². The molecule has 0 spiro atoms. The molecule has 3 aromatic rings. The van der Waals surface area contributed by atoms with Gasteiger partial charge in [0.25, 0.3) is 5.91 Å². The highest BCUT2D eigenvalue weighted by Crippen LogP contribution is 2.20. The molecule has 3 rings (SSSR count). The van der Waals surface area contributed by atoms with Crippen LogP contribution in [-0.4, -0.2) is 15.9 Å². The molecular formula is C18H16BrN3O. The minimum absolute atomic E-state index is 0.163.